The number of Topliss-reactive ketones (excluding diaryl/α,β-unsaturated/α-hetero) is 1. The zero-order valence-corrected chi connectivity index (χ0v) is 13.2. The number of ketones is 1. The monoisotopic (exact) mass is 308 g/mol. The van der Waals surface area contributed by atoms with E-state index in [0.717, 1.165) is 12.8 Å². The maximum atomic E-state index is 12.4. The first kappa shape index (κ1) is 15.4. The molecule has 0 aromatic heterocycles. The maximum Gasteiger partial charge on any atom is 0.204 e. The van der Waals surface area contributed by atoms with Crippen LogP contribution in [0, 0.1) is 17.2 Å². The lowest BCUT2D eigenvalue weighted by molar-refractivity contribution is -0.117. The summed E-state index contributed by atoms with van der Waals surface area (Å²) < 4.78 is 5.58. The number of hydrogen-bond acceptors (Lipinski definition) is 4. The Balaban J connectivity index is 1.95. The maximum absolute atomic E-state index is 12.4. The number of hydrogen-bond donors (Lipinski definition) is 1. The normalized spacial score (nSPS) is 22.3. The zero-order valence-electron chi connectivity index (χ0n) is 13.2. The third-order valence-electron chi connectivity index (χ3n) is 4.68. The molecule has 118 valence electrons. The number of carbonyl (C=O) groups is 1. The highest BCUT2D eigenvalue weighted by molar-refractivity contribution is 5.98. The molecular formula is C19H20N2O2. The predicted octanol–water partition coefficient (Wildman–Crippen LogP) is 3.53. The second-order valence-corrected chi connectivity index (χ2v) is 6.21. The molecule has 3 rings (SSSR count). The van der Waals surface area contributed by atoms with E-state index in [2.05, 4.69) is 25.1 Å². The van der Waals surface area contributed by atoms with Gasteiger partial charge in [-0.3, -0.25) is 4.79 Å². The van der Waals surface area contributed by atoms with E-state index in [1.165, 1.54) is 5.56 Å². The van der Waals surface area contributed by atoms with Gasteiger partial charge in [0, 0.05) is 24.3 Å². The third kappa shape index (κ3) is 2.87. The summed E-state index contributed by atoms with van der Waals surface area (Å²) in [6.07, 6.45) is 2.71. The highest BCUT2D eigenvalue weighted by Crippen LogP contribution is 2.41. The molecule has 23 heavy (non-hydrogen) atoms. The van der Waals surface area contributed by atoms with Gasteiger partial charge in [-0.25, -0.2) is 0 Å². The Labute approximate surface area is 136 Å². The lowest BCUT2D eigenvalue weighted by atomic mass is 9.76. The molecule has 2 atom stereocenters. The van der Waals surface area contributed by atoms with Crippen LogP contribution in [0.3, 0.4) is 0 Å². The van der Waals surface area contributed by atoms with E-state index in [-0.39, 0.29) is 23.5 Å². The van der Waals surface area contributed by atoms with Gasteiger partial charge < -0.3 is 10.5 Å². The molecule has 1 aromatic rings. The SMILES string of the molecule is C[C@@H](C[C@@H]1C(C#N)=C(N)OC2=C1C(=O)CCC2)c1ccccc1. The number of benzene rings is 1. The summed E-state index contributed by atoms with van der Waals surface area (Å²) in [5, 5.41) is 9.49. The predicted molar refractivity (Wildman–Crippen MR) is 86.8 cm³/mol. The number of allylic oxidation sites excluding steroid dienone is 3. The van der Waals surface area contributed by atoms with Gasteiger partial charge in [0.2, 0.25) is 5.88 Å². The summed E-state index contributed by atoms with van der Waals surface area (Å²) in [5.41, 5.74) is 8.19. The molecular weight excluding hydrogens is 288 g/mol. The Hall–Kier alpha value is -2.54. The fraction of sp³-hybridized carbons (Fsp3) is 0.368. The quantitative estimate of drug-likeness (QED) is 0.926. The first-order valence-corrected chi connectivity index (χ1v) is 8.00. The van der Waals surface area contributed by atoms with E-state index in [1.807, 2.05) is 18.2 Å². The van der Waals surface area contributed by atoms with Gasteiger partial charge in [-0.05, 0) is 24.3 Å². The Kier molecular flexibility index (Phi) is 4.20. The molecule has 2 aliphatic rings. The van der Waals surface area contributed by atoms with Crippen molar-refractivity contribution in [2.45, 2.75) is 38.5 Å². The van der Waals surface area contributed by atoms with Crippen molar-refractivity contribution < 1.29 is 9.53 Å². The molecule has 1 aliphatic carbocycles. The molecule has 1 aromatic carbocycles. The van der Waals surface area contributed by atoms with E-state index in [9.17, 15) is 10.1 Å². The molecule has 1 heterocycles. The van der Waals surface area contributed by atoms with Crippen LogP contribution < -0.4 is 5.73 Å². The van der Waals surface area contributed by atoms with Gasteiger partial charge >= 0.3 is 0 Å². The highest BCUT2D eigenvalue weighted by atomic mass is 16.5. The molecule has 0 spiro atoms. The van der Waals surface area contributed by atoms with E-state index in [1.54, 1.807) is 0 Å². The number of rotatable bonds is 3. The van der Waals surface area contributed by atoms with Crippen molar-refractivity contribution in [3.8, 4) is 6.07 Å². The second kappa shape index (κ2) is 6.29. The van der Waals surface area contributed by atoms with Crippen molar-refractivity contribution in [1.29, 1.82) is 5.26 Å². The minimum Gasteiger partial charge on any atom is -0.444 e. The summed E-state index contributed by atoms with van der Waals surface area (Å²) >= 11 is 0. The van der Waals surface area contributed by atoms with Crippen LogP contribution in [-0.4, -0.2) is 5.78 Å². The molecule has 4 nitrogen and oxygen atoms in total. The number of ether oxygens (including phenoxy) is 1. The van der Waals surface area contributed by atoms with Crippen LogP contribution >= 0.6 is 0 Å². The van der Waals surface area contributed by atoms with Crippen molar-refractivity contribution in [1.82, 2.24) is 0 Å². The van der Waals surface area contributed by atoms with Crippen LogP contribution in [0.25, 0.3) is 0 Å². The number of nitrogens with zero attached hydrogens (tertiary/aromatic N) is 1. The van der Waals surface area contributed by atoms with Crippen molar-refractivity contribution in [2.24, 2.45) is 11.7 Å². The molecule has 2 N–H and O–H groups in total. The van der Waals surface area contributed by atoms with Gasteiger partial charge in [-0.2, -0.15) is 5.26 Å². The fourth-order valence-corrected chi connectivity index (χ4v) is 3.47. The molecule has 1 aliphatic heterocycles. The minimum absolute atomic E-state index is 0.0942. The Bertz CT molecular complexity index is 725. The molecule has 0 amide bonds. The standard InChI is InChI=1S/C19H20N2O2/c1-12(13-6-3-2-4-7-13)10-14-15(11-20)19(21)23-17-9-5-8-16(22)18(14)17/h2-4,6-7,12,14H,5,8-10,21H2,1H3/t12-,14+/m0/s1. The van der Waals surface area contributed by atoms with E-state index >= 15 is 0 Å². The Morgan fingerprint density at radius 1 is 1.35 bits per heavy atom. The van der Waals surface area contributed by atoms with E-state index < -0.39 is 0 Å². The van der Waals surface area contributed by atoms with Crippen LogP contribution in [0.4, 0.5) is 0 Å². The Morgan fingerprint density at radius 3 is 2.78 bits per heavy atom. The van der Waals surface area contributed by atoms with Gasteiger partial charge in [0.15, 0.2) is 5.78 Å². The molecule has 0 bridgehead atoms. The number of nitriles is 1. The highest BCUT2D eigenvalue weighted by Gasteiger charge is 2.37. The van der Waals surface area contributed by atoms with Crippen molar-refractivity contribution in [3.05, 3.63) is 58.7 Å². The zero-order chi connectivity index (χ0) is 16.4. The largest absolute Gasteiger partial charge is 0.444 e. The van der Waals surface area contributed by atoms with Gasteiger partial charge in [-0.1, -0.05) is 37.3 Å². The van der Waals surface area contributed by atoms with E-state index in [0.29, 0.717) is 29.7 Å². The molecule has 4 heteroatoms. The summed E-state index contributed by atoms with van der Waals surface area (Å²) in [4.78, 5) is 12.4. The van der Waals surface area contributed by atoms with Gasteiger partial charge in [0.05, 0.1) is 5.57 Å². The van der Waals surface area contributed by atoms with Gasteiger partial charge in [0.25, 0.3) is 0 Å². The first-order chi connectivity index (χ1) is 11.1. The van der Waals surface area contributed by atoms with Crippen LogP contribution in [0.1, 0.15) is 44.1 Å². The molecule has 0 radical (unpaired) electrons. The van der Waals surface area contributed by atoms with Crippen molar-refractivity contribution in [2.75, 3.05) is 0 Å². The second-order valence-electron chi connectivity index (χ2n) is 6.21. The number of carbonyl (C=O) groups excluding carboxylic acids is 1. The van der Waals surface area contributed by atoms with Gasteiger partial charge in [-0.15, -0.1) is 0 Å². The summed E-state index contributed by atoms with van der Waals surface area (Å²) in [6, 6.07) is 12.3. The minimum atomic E-state index is -0.258. The smallest absolute Gasteiger partial charge is 0.204 e. The Morgan fingerprint density at radius 2 is 2.09 bits per heavy atom. The molecule has 0 unspecified atom stereocenters. The summed E-state index contributed by atoms with van der Waals surface area (Å²) in [6.45, 7) is 2.11. The molecule has 0 fully saturated rings. The fourth-order valence-electron chi connectivity index (χ4n) is 3.47. The van der Waals surface area contributed by atoms with Crippen molar-refractivity contribution >= 4 is 5.78 Å². The van der Waals surface area contributed by atoms with Gasteiger partial charge in [0.1, 0.15) is 11.8 Å². The molecule has 0 saturated heterocycles. The average molecular weight is 308 g/mol. The lowest BCUT2D eigenvalue weighted by Crippen LogP contribution is -2.29. The third-order valence-corrected chi connectivity index (χ3v) is 4.68. The van der Waals surface area contributed by atoms with Crippen molar-refractivity contribution in [3.63, 3.8) is 0 Å². The summed E-state index contributed by atoms with van der Waals surface area (Å²) in [7, 11) is 0. The molecule has 0 saturated carbocycles. The van der Waals surface area contributed by atoms with Crippen LogP contribution in [0.5, 0.6) is 0 Å². The lowest BCUT2D eigenvalue weighted by Gasteiger charge is -2.32. The topological polar surface area (TPSA) is 76.1 Å². The average Bonchev–Trinajstić information content (AvgIpc) is 2.55. The van der Waals surface area contributed by atoms with E-state index in [4.69, 9.17) is 10.5 Å². The number of nitrogens with two attached hydrogens (primary N) is 1. The first-order valence-electron chi connectivity index (χ1n) is 8.00. The van der Waals surface area contributed by atoms with Crippen LogP contribution in [0.15, 0.2) is 53.1 Å². The van der Waals surface area contributed by atoms with Crippen LogP contribution in [-0.2, 0) is 9.53 Å². The summed E-state index contributed by atoms with van der Waals surface area (Å²) in [5.74, 6) is 0.886. The van der Waals surface area contributed by atoms with Crippen LogP contribution in [0.2, 0.25) is 0 Å².